The van der Waals surface area contributed by atoms with Crippen molar-refractivity contribution < 1.29 is 4.79 Å². The fraction of sp³-hybridized carbons (Fsp3) is 0.833. The first-order chi connectivity index (χ1) is 4.38. The first-order valence-corrected chi connectivity index (χ1v) is 4.81. The number of fused-ring (bicyclic) bond motifs is 1. The van der Waals surface area contributed by atoms with Gasteiger partial charge in [-0.05, 0) is 6.42 Å². The molecule has 1 amide bonds. The summed E-state index contributed by atoms with van der Waals surface area (Å²) in [6.45, 7) is 0.960. The predicted octanol–water partition coefficient (Wildman–Crippen LogP) is 0.490. The maximum Gasteiger partial charge on any atom is 0.429 e. The van der Waals surface area contributed by atoms with Crippen LogP contribution in [0.2, 0.25) is 0 Å². The molecular weight excluding hydrogens is 134 g/mol. The molecule has 0 spiro atoms. The Labute approximate surface area is 57.4 Å². The van der Waals surface area contributed by atoms with Crippen molar-refractivity contribution in [3.05, 3.63) is 0 Å². The van der Waals surface area contributed by atoms with Crippen LogP contribution in [0.15, 0.2) is 0 Å². The zero-order chi connectivity index (χ0) is 6.27. The van der Waals surface area contributed by atoms with Gasteiger partial charge in [0, 0.05) is 6.42 Å². The van der Waals surface area contributed by atoms with Gasteiger partial charge < -0.3 is 5.32 Å². The first-order valence-electron chi connectivity index (χ1n) is 3.35. The molecule has 50 valence electrons. The number of amides is 1. The second-order valence-corrected chi connectivity index (χ2v) is 4.87. The number of rotatable bonds is 0. The lowest BCUT2D eigenvalue weighted by atomic mass is 10.2. The summed E-state index contributed by atoms with van der Waals surface area (Å²) in [5.74, 6) is 1.16. The van der Waals surface area contributed by atoms with Gasteiger partial charge in [0.1, 0.15) is 11.0 Å². The molecule has 0 aliphatic carbocycles. The molecule has 9 heavy (non-hydrogen) atoms. The van der Waals surface area contributed by atoms with E-state index in [1.807, 2.05) is 0 Å². The predicted molar refractivity (Wildman–Crippen MR) is 38.7 cm³/mol. The number of hydrogen-bond acceptors (Lipinski definition) is 1. The van der Waals surface area contributed by atoms with Crippen LogP contribution in [-0.2, 0) is 10.9 Å². The second kappa shape index (κ2) is 1.90. The summed E-state index contributed by atoms with van der Waals surface area (Å²) in [5.41, 5.74) is 0. The number of carbonyl (C=O) groups excluding carboxylic acids is 1. The Bertz CT molecular complexity index is 148. The SMILES string of the molecule is O=C1NCC2CCC[S+]12. The van der Waals surface area contributed by atoms with Crippen molar-refractivity contribution in [2.45, 2.75) is 18.1 Å². The fourth-order valence-corrected chi connectivity index (χ4v) is 3.82. The molecular formula is C6H10NOS+. The van der Waals surface area contributed by atoms with E-state index in [1.165, 1.54) is 12.8 Å². The normalized spacial score (nSPS) is 40.7. The van der Waals surface area contributed by atoms with Crippen molar-refractivity contribution in [1.82, 2.24) is 5.32 Å². The summed E-state index contributed by atoms with van der Waals surface area (Å²) < 4.78 is 0. The van der Waals surface area contributed by atoms with Crippen molar-refractivity contribution in [2.75, 3.05) is 12.3 Å². The monoisotopic (exact) mass is 144 g/mol. The molecule has 0 bridgehead atoms. The largest absolute Gasteiger partial charge is 0.429 e. The smallest absolute Gasteiger partial charge is 0.306 e. The molecule has 2 nitrogen and oxygen atoms in total. The third-order valence-corrected chi connectivity index (χ3v) is 4.56. The van der Waals surface area contributed by atoms with Crippen LogP contribution in [0.1, 0.15) is 12.8 Å². The number of nitrogens with one attached hydrogen (secondary N) is 1. The van der Waals surface area contributed by atoms with E-state index in [2.05, 4.69) is 5.32 Å². The third-order valence-electron chi connectivity index (χ3n) is 2.00. The molecule has 0 saturated carbocycles. The van der Waals surface area contributed by atoms with E-state index < -0.39 is 0 Å². The van der Waals surface area contributed by atoms with Gasteiger partial charge in [0.2, 0.25) is 0 Å². The summed E-state index contributed by atoms with van der Waals surface area (Å²) in [6.07, 6.45) is 2.56. The van der Waals surface area contributed by atoms with E-state index in [0.29, 0.717) is 5.24 Å². The van der Waals surface area contributed by atoms with Gasteiger partial charge in [-0.2, -0.15) is 0 Å². The highest BCUT2D eigenvalue weighted by molar-refractivity contribution is 8.11. The van der Waals surface area contributed by atoms with Gasteiger partial charge in [0.25, 0.3) is 0 Å². The lowest BCUT2D eigenvalue weighted by Crippen LogP contribution is -2.18. The van der Waals surface area contributed by atoms with E-state index in [9.17, 15) is 4.79 Å². The molecule has 0 aromatic carbocycles. The minimum atomic E-state index is 0.137. The fourth-order valence-electron chi connectivity index (χ4n) is 1.51. The molecule has 0 aromatic rings. The van der Waals surface area contributed by atoms with Crippen LogP contribution < -0.4 is 5.32 Å². The van der Waals surface area contributed by atoms with E-state index >= 15 is 0 Å². The molecule has 2 atom stereocenters. The first kappa shape index (κ1) is 5.59. The molecule has 2 fully saturated rings. The molecule has 2 aliphatic rings. The van der Waals surface area contributed by atoms with Gasteiger partial charge in [-0.3, -0.25) is 0 Å². The van der Waals surface area contributed by atoms with Crippen molar-refractivity contribution in [3.63, 3.8) is 0 Å². The Morgan fingerprint density at radius 2 is 2.56 bits per heavy atom. The Balaban J connectivity index is 2.15. The van der Waals surface area contributed by atoms with Crippen molar-refractivity contribution in [3.8, 4) is 0 Å². The molecule has 0 radical (unpaired) electrons. The number of hydrogen-bond donors (Lipinski definition) is 1. The summed E-state index contributed by atoms with van der Waals surface area (Å²) in [4.78, 5) is 11.0. The summed E-state index contributed by atoms with van der Waals surface area (Å²) >= 11 is 0. The van der Waals surface area contributed by atoms with Gasteiger partial charge in [0.15, 0.2) is 0 Å². The molecule has 2 saturated heterocycles. The zero-order valence-electron chi connectivity index (χ0n) is 5.22. The Morgan fingerprint density at radius 1 is 1.67 bits per heavy atom. The highest BCUT2D eigenvalue weighted by atomic mass is 32.2. The summed E-state index contributed by atoms with van der Waals surface area (Å²) in [7, 11) is 0.137. The molecule has 0 aromatic heterocycles. The van der Waals surface area contributed by atoms with Gasteiger partial charge in [-0.1, -0.05) is 0 Å². The molecule has 2 unspecified atom stereocenters. The highest BCUT2D eigenvalue weighted by Crippen LogP contribution is 2.26. The summed E-state index contributed by atoms with van der Waals surface area (Å²) in [5, 5.41) is 3.95. The van der Waals surface area contributed by atoms with Gasteiger partial charge >= 0.3 is 5.24 Å². The third kappa shape index (κ3) is 0.748. The molecule has 3 heteroatoms. The topological polar surface area (TPSA) is 29.1 Å². The molecule has 2 rings (SSSR count). The average molecular weight is 144 g/mol. The Morgan fingerprint density at radius 3 is 3.33 bits per heavy atom. The average Bonchev–Trinajstić information content (AvgIpc) is 2.35. The van der Waals surface area contributed by atoms with E-state index in [1.54, 1.807) is 0 Å². The van der Waals surface area contributed by atoms with Crippen LogP contribution in [0.4, 0.5) is 4.79 Å². The Hall–Kier alpha value is -0.180. The molecule has 2 heterocycles. The van der Waals surface area contributed by atoms with Crippen LogP contribution in [0, 0.1) is 0 Å². The molecule has 2 aliphatic heterocycles. The van der Waals surface area contributed by atoms with Crippen LogP contribution in [0.25, 0.3) is 0 Å². The number of carbonyl (C=O) groups is 1. The standard InChI is InChI=1S/C6H9NOS/c8-6-7-4-5-2-1-3-9(5)6/h5H,1-4H2/p+1. The van der Waals surface area contributed by atoms with Crippen molar-refractivity contribution in [1.29, 1.82) is 0 Å². The van der Waals surface area contributed by atoms with E-state index in [0.717, 1.165) is 17.5 Å². The van der Waals surface area contributed by atoms with E-state index in [4.69, 9.17) is 0 Å². The highest BCUT2D eigenvalue weighted by Gasteiger charge is 2.48. The zero-order valence-corrected chi connectivity index (χ0v) is 6.04. The van der Waals surface area contributed by atoms with E-state index in [-0.39, 0.29) is 10.9 Å². The maximum atomic E-state index is 11.0. The minimum absolute atomic E-state index is 0.137. The van der Waals surface area contributed by atoms with Crippen LogP contribution >= 0.6 is 0 Å². The van der Waals surface area contributed by atoms with Crippen LogP contribution in [0.3, 0.4) is 0 Å². The van der Waals surface area contributed by atoms with Crippen LogP contribution in [-0.4, -0.2) is 22.8 Å². The molecule has 1 N–H and O–H groups in total. The minimum Gasteiger partial charge on any atom is -0.306 e. The van der Waals surface area contributed by atoms with Crippen LogP contribution in [0.5, 0.6) is 0 Å². The lowest BCUT2D eigenvalue weighted by Gasteiger charge is -1.90. The van der Waals surface area contributed by atoms with Gasteiger partial charge in [0.05, 0.1) is 17.4 Å². The second-order valence-electron chi connectivity index (χ2n) is 2.57. The van der Waals surface area contributed by atoms with Gasteiger partial charge in [-0.25, -0.2) is 4.79 Å². The van der Waals surface area contributed by atoms with Crippen molar-refractivity contribution >= 4 is 16.1 Å². The lowest BCUT2D eigenvalue weighted by molar-refractivity contribution is 0.262. The van der Waals surface area contributed by atoms with Crippen molar-refractivity contribution in [2.24, 2.45) is 0 Å². The quantitative estimate of drug-likeness (QED) is 0.492. The van der Waals surface area contributed by atoms with Gasteiger partial charge in [-0.15, -0.1) is 0 Å². The maximum absolute atomic E-state index is 11.0. The Kier molecular flexibility index (Phi) is 1.18. The summed E-state index contributed by atoms with van der Waals surface area (Å²) in [6, 6.07) is 0.